The van der Waals surface area contributed by atoms with E-state index in [0.29, 0.717) is 33.6 Å². The Morgan fingerprint density at radius 1 is 1.00 bits per heavy atom. The number of aromatic nitrogens is 6. The molecule has 0 aliphatic heterocycles. The van der Waals surface area contributed by atoms with Crippen LogP contribution in [0.25, 0.3) is 11.5 Å². The van der Waals surface area contributed by atoms with Crippen LogP contribution in [0.2, 0.25) is 5.02 Å². The minimum Gasteiger partial charge on any atom is -0.457 e. The Hall–Kier alpha value is -4.64. The molecule has 0 aliphatic rings. The highest BCUT2D eigenvalue weighted by atomic mass is 35.5. The third-order valence-corrected chi connectivity index (χ3v) is 5.22. The number of oxime groups is 1. The summed E-state index contributed by atoms with van der Waals surface area (Å²) in [5.41, 5.74) is 1.74. The van der Waals surface area contributed by atoms with Gasteiger partial charge < -0.3 is 14.0 Å². The number of benzene rings is 3. The number of halogens is 2. The first kappa shape index (κ1) is 23.1. The molecule has 36 heavy (non-hydrogen) atoms. The van der Waals surface area contributed by atoms with E-state index in [-0.39, 0.29) is 24.2 Å². The van der Waals surface area contributed by atoms with Gasteiger partial charge in [0.2, 0.25) is 11.7 Å². The molecule has 0 radical (unpaired) electrons. The lowest BCUT2D eigenvalue weighted by molar-refractivity contribution is 0.111. The molecule has 0 N–H and O–H groups in total. The molecule has 2 aromatic heterocycles. The van der Waals surface area contributed by atoms with Crippen LogP contribution >= 0.6 is 11.6 Å². The second kappa shape index (κ2) is 10.3. The lowest BCUT2D eigenvalue weighted by atomic mass is 10.1. The molecule has 0 unspecified atom stereocenters. The summed E-state index contributed by atoms with van der Waals surface area (Å²) in [5, 5.41) is 24.1. The molecule has 0 bridgehead atoms. The predicted molar refractivity (Wildman–Crippen MR) is 127 cm³/mol. The first-order chi connectivity index (χ1) is 17.6. The van der Waals surface area contributed by atoms with Crippen molar-refractivity contribution in [1.82, 2.24) is 30.4 Å². The molecule has 5 rings (SSSR count). The molecule has 0 atom stereocenters. The number of nitrogens with zero attached hydrogens (tertiary/aromatic N) is 7. The molecular weight excluding hydrogens is 489 g/mol. The normalized spacial score (nSPS) is 11.5. The highest BCUT2D eigenvalue weighted by Crippen LogP contribution is 2.32. The van der Waals surface area contributed by atoms with Crippen molar-refractivity contribution in [2.75, 3.05) is 0 Å². The minimum absolute atomic E-state index is 0.0853. The zero-order chi connectivity index (χ0) is 24.9. The molecule has 0 saturated carbocycles. The van der Waals surface area contributed by atoms with E-state index in [4.69, 9.17) is 25.6 Å². The van der Waals surface area contributed by atoms with Gasteiger partial charge in [-0.3, -0.25) is 0 Å². The van der Waals surface area contributed by atoms with Gasteiger partial charge >= 0.3 is 0 Å². The highest BCUT2D eigenvalue weighted by Gasteiger charge is 2.16. The maximum absolute atomic E-state index is 13.1. The fourth-order valence-corrected chi connectivity index (χ4v) is 3.44. The number of tetrazole rings is 1. The molecule has 12 heteroatoms. The number of aryl methyl sites for hydroxylation is 1. The van der Waals surface area contributed by atoms with E-state index in [1.165, 1.54) is 28.9 Å². The molecule has 0 fully saturated rings. The molecule has 2 heterocycles. The van der Waals surface area contributed by atoms with Crippen molar-refractivity contribution in [3.8, 4) is 23.0 Å². The van der Waals surface area contributed by atoms with E-state index in [2.05, 4.69) is 30.9 Å². The van der Waals surface area contributed by atoms with Gasteiger partial charge in [0.25, 0.3) is 5.89 Å². The summed E-state index contributed by atoms with van der Waals surface area (Å²) < 4.78 is 26.0. The Balaban J connectivity index is 1.29. The van der Waals surface area contributed by atoms with Gasteiger partial charge in [0.15, 0.2) is 12.3 Å². The lowest BCUT2D eigenvalue weighted by Gasteiger charge is -2.07. The minimum atomic E-state index is -0.348. The lowest BCUT2D eigenvalue weighted by Crippen LogP contribution is -2.12. The van der Waals surface area contributed by atoms with E-state index in [1.54, 1.807) is 25.2 Å². The van der Waals surface area contributed by atoms with Crippen molar-refractivity contribution >= 4 is 17.3 Å². The maximum Gasteiger partial charge on any atom is 0.257 e. The quantitative estimate of drug-likeness (QED) is 0.218. The van der Waals surface area contributed by atoms with Gasteiger partial charge in [0, 0.05) is 18.7 Å². The van der Waals surface area contributed by atoms with Crippen molar-refractivity contribution in [3.05, 3.63) is 101 Å². The maximum atomic E-state index is 13.1. The largest absolute Gasteiger partial charge is 0.457 e. The summed E-state index contributed by atoms with van der Waals surface area (Å²) in [6.45, 7) is -0.0853. The Kier molecular flexibility index (Phi) is 6.63. The number of hydrogen-bond donors (Lipinski definition) is 0. The van der Waals surface area contributed by atoms with Crippen LogP contribution in [0.5, 0.6) is 11.5 Å². The molecule has 0 amide bonds. The van der Waals surface area contributed by atoms with Gasteiger partial charge in [0.1, 0.15) is 17.3 Å². The van der Waals surface area contributed by atoms with Crippen molar-refractivity contribution in [2.24, 2.45) is 12.2 Å². The molecular formula is C24H17ClFN7O3. The fourth-order valence-electron chi connectivity index (χ4n) is 3.19. The van der Waals surface area contributed by atoms with Crippen molar-refractivity contribution in [2.45, 2.75) is 6.61 Å². The van der Waals surface area contributed by atoms with Crippen molar-refractivity contribution < 1.29 is 18.4 Å². The van der Waals surface area contributed by atoms with Gasteiger partial charge in [0.05, 0.1) is 10.6 Å². The molecule has 5 aromatic rings. The van der Waals surface area contributed by atoms with Crippen LogP contribution in [0, 0.1) is 5.82 Å². The van der Waals surface area contributed by atoms with Gasteiger partial charge in [-0.2, -0.15) is 0 Å². The monoisotopic (exact) mass is 505 g/mol. The topological polar surface area (TPSA) is 113 Å². The van der Waals surface area contributed by atoms with E-state index in [0.717, 1.165) is 5.56 Å². The summed E-state index contributed by atoms with van der Waals surface area (Å²) >= 11 is 6.41. The summed E-state index contributed by atoms with van der Waals surface area (Å²) in [6.07, 6.45) is 0. The van der Waals surface area contributed by atoms with Crippen LogP contribution in [0.15, 0.2) is 82.4 Å². The third kappa shape index (κ3) is 5.20. The van der Waals surface area contributed by atoms with E-state index in [1.807, 2.05) is 30.3 Å². The highest BCUT2D eigenvalue weighted by molar-refractivity contribution is 6.33. The second-order valence-electron chi connectivity index (χ2n) is 7.40. The Morgan fingerprint density at radius 3 is 2.50 bits per heavy atom. The predicted octanol–water partition coefficient (Wildman–Crippen LogP) is 4.81. The average Bonchev–Trinajstić information content (AvgIpc) is 3.53. The summed E-state index contributed by atoms with van der Waals surface area (Å²) in [4.78, 5) is 5.49. The Morgan fingerprint density at radius 2 is 1.78 bits per heavy atom. The Bertz CT molecular complexity index is 1500. The molecule has 0 spiro atoms. The standard InChI is InChI=1S/C24H17ClFN7O3/c1-33-23(28-31-32-33)22(15-5-3-2-4-6-15)30-34-14-21-27-29-24(36-21)19-12-11-18(13-20(19)25)35-17-9-7-16(26)8-10-17/h2-13H,14H2,1H3/b30-22-. The molecule has 180 valence electrons. The van der Waals surface area contributed by atoms with Crippen LogP contribution in [0.1, 0.15) is 17.3 Å². The summed E-state index contributed by atoms with van der Waals surface area (Å²) in [6, 6.07) is 20.0. The van der Waals surface area contributed by atoms with E-state index in [9.17, 15) is 4.39 Å². The molecule has 10 nitrogen and oxygen atoms in total. The van der Waals surface area contributed by atoms with Crippen LogP contribution in [-0.2, 0) is 18.5 Å². The molecule has 0 aliphatic carbocycles. The van der Waals surface area contributed by atoms with E-state index >= 15 is 0 Å². The molecule has 3 aromatic carbocycles. The summed E-state index contributed by atoms with van der Waals surface area (Å²) in [7, 11) is 1.71. The zero-order valence-electron chi connectivity index (χ0n) is 18.7. The third-order valence-electron chi connectivity index (χ3n) is 4.91. The summed E-state index contributed by atoms with van der Waals surface area (Å²) in [5.74, 6) is 1.43. The Labute approximate surface area is 208 Å². The second-order valence-corrected chi connectivity index (χ2v) is 7.81. The SMILES string of the molecule is Cn1nnnc1/C(=N\OCc1nnc(-c2ccc(Oc3ccc(F)cc3)cc2Cl)o1)c1ccccc1. The van der Waals surface area contributed by atoms with Crippen molar-refractivity contribution in [1.29, 1.82) is 0 Å². The van der Waals surface area contributed by atoms with Gasteiger partial charge in [-0.1, -0.05) is 47.1 Å². The van der Waals surface area contributed by atoms with Crippen LogP contribution in [0.4, 0.5) is 4.39 Å². The van der Waals surface area contributed by atoms with Gasteiger partial charge in [-0.05, 0) is 46.8 Å². The first-order valence-electron chi connectivity index (χ1n) is 10.6. The van der Waals surface area contributed by atoms with Crippen LogP contribution in [0.3, 0.4) is 0 Å². The number of rotatable bonds is 8. The zero-order valence-corrected chi connectivity index (χ0v) is 19.5. The molecule has 0 saturated heterocycles. The van der Waals surface area contributed by atoms with E-state index < -0.39 is 0 Å². The van der Waals surface area contributed by atoms with Gasteiger partial charge in [-0.15, -0.1) is 15.3 Å². The number of ether oxygens (including phenoxy) is 1. The smallest absolute Gasteiger partial charge is 0.257 e. The first-order valence-corrected chi connectivity index (χ1v) is 11.0. The average molecular weight is 506 g/mol. The van der Waals surface area contributed by atoms with Crippen molar-refractivity contribution in [3.63, 3.8) is 0 Å². The van der Waals surface area contributed by atoms with Gasteiger partial charge in [-0.25, -0.2) is 9.07 Å². The fraction of sp³-hybridized carbons (Fsp3) is 0.0833. The number of hydrogen-bond acceptors (Lipinski definition) is 9. The van der Waals surface area contributed by atoms with Crippen LogP contribution < -0.4 is 4.74 Å². The van der Waals surface area contributed by atoms with Crippen LogP contribution in [-0.4, -0.2) is 36.1 Å².